The molecular formula is C15H18N6O2. The second-order valence-electron chi connectivity index (χ2n) is 5.20. The minimum absolute atomic E-state index is 0.0500. The van der Waals surface area contributed by atoms with Crippen LogP contribution in [0.2, 0.25) is 0 Å². The molecule has 8 heteroatoms. The molecule has 0 saturated heterocycles. The SMILES string of the molecule is COc1ccc2nc(CNC(=O)CCc3nncn3C)[nH]c2c1. The second kappa shape index (κ2) is 6.47. The first-order chi connectivity index (χ1) is 11.2. The molecule has 0 bridgehead atoms. The number of carbonyl (C=O) groups is 1. The highest BCUT2D eigenvalue weighted by molar-refractivity contribution is 5.78. The van der Waals surface area contributed by atoms with Crippen molar-refractivity contribution in [3.63, 3.8) is 0 Å². The van der Waals surface area contributed by atoms with Crippen molar-refractivity contribution in [2.24, 2.45) is 7.05 Å². The largest absolute Gasteiger partial charge is 0.497 e. The zero-order valence-electron chi connectivity index (χ0n) is 13.0. The molecule has 0 aliphatic carbocycles. The van der Waals surface area contributed by atoms with Crippen LogP contribution in [0, 0.1) is 0 Å². The molecule has 0 unspecified atom stereocenters. The van der Waals surface area contributed by atoms with E-state index in [9.17, 15) is 4.79 Å². The maximum absolute atomic E-state index is 11.9. The topological polar surface area (TPSA) is 97.7 Å². The van der Waals surface area contributed by atoms with Gasteiger partial charge in [0.1, 0.15) is 23.7 Å². The van der Waals surface area contributed by atoms with E-state index >= 15 is 0 Å². The molecule has 0 aliphatic heterocycles. The van der Waals surface area contributed by atoms with E-state index in [1.165, 1.54) is 0 Å². The van der Waals surface area contributed by atoms with E-state index in [4.69, 9.17) is 4.74 Å². The molecule has 3 aromatic rings. The van der Waals surface area contributed by atoms with Gasteiger partial charge in [-0.3, -0.25) is 4.79 Å². The normalized spacial score (nSPS) is 10.9. The smallest absolute Gasteiger partial charge is 0.220 e. The first-order valence-electron chi connectivity index (χ1n) is 7.28. The van der Waals surface area contributed by atoms with Crippen LogP contribution >= 0.6 is 0 Å². The molecule has 0 atom stereocenters. The van der Waals surface area contributed by atoms with Crippen molar-refractivity contribution in [1.29, 1.82) is 0 Å². The highest BCUT2D eigenvalue weighted by Gasteiger charge is 2.08. The lowest BCUT2D eigenvalue weighted by Gasteiger charge is -2.03. The van der Waals surface area contributed by atoms with Crippen molar-refractivity contribution >= 4 is 16.9 Å². The molecule has 0 saturated carbocycles. The Kier molecular flexibility index (Phi) is 4.22. The summed E-state index contributed by atoms with van der Waals surface area (Å²) in [6.45, 7) is 0.356. The molecule has 0 radical (unpaired) electrons. The summed E-state index contributed by atoms with van der Waals surface area (Å²) in [5.74, 6) is 2.21. The highest BCUT2D eigenvalue weighted by atomic mass is 16.5. The predicted octanol–water partition coefficient (Wildman–Crippen LogP) is 0.949. The van der Waals surface area contributed by atoms with Crippen molar-refractivity contribution in [2.45, 2.75) is 19.4 Å². The Labute approximate surface area is 132 Å². The number of ether oxygens (including phenoxy) is 1. The third-order valence-electron chi connectivity index (χ3n) is 3.57. The van der Waals surface area contributed by atoms with E-state index in [0.717, 1.165) is 22.6 Å². The molecular weight excluding hydrogens is 296 g/mol. The van der Waals surface area contributed by atoms with Crippen LogP contribution in [-0.2, 0) is 24.8 Å². The quantitative estimate of drug-likeness (QED) is 0.706. The summed E-state index contributed by atoms with van der Waals surface area (Å²) in [7, 11) is 3.48. The number of nitrogens with zero attached hydrogens (tertiary/aromatic N) is 4. The summed E-state index contributed by atoms with van der Waals surface area (Å²) in [5.41, 5.74) is 1.72. The lowest BCUT2D eigenvalue weighted by molar-refractivity contribution is -0.121. The lowest BCUT2D eigenvalue weighted by atomic mass is 10.3. The highest BCUT2D eigenvalue weighted by Crippen LogP contribution is 2.18. The minimum atomic E-state index is -0.0500. The van der Waals surface area contributed by atoms with Crippen LogP contribution in [0.25, 0.3) is 11.0 Å². The van der Waals surface area contributed by atoms with E-state index in [0.29, 0.717) is 25.2 Å². The van der Waals surface area contributed by atoms with Crippen LogP contribution in [0.5, 0.6) is 5.75 Å². The average Bonchev–Trinajstić information content (AvgIpc) is 3.15. The number of carbonyl (C=O) groups excluding carboxylic acids is 1. The summed E-state index contributed by atoms with van der Waals surface area (Å²) in [6, 6.07) is 5.61. The number of hydrogen-bond donors (Lipinski definition) is 2. The predicted molar refractivity (Wildman–Crippen MR) is 83.8 cm³/mol. The number of rotatable bonds is 6. The van der Waals surface area contributed by atoms with Gasteiger partial charge in [-0.05, 0) is 12.1 Å². The number of nitrogens with one attached hydrogen (secondary N) is 2. The van der Waals surface area contributed by atoms with Gasteiger partial charge in [0.25, 0.3) is 0 Å². The molecule has 0 spiro atoms. The first kappa shape index (κ1) is 15.0. The number of aromatic nitrogens is 5. The number of hydrogen-bond acceptors (Lipinski definition) is 5. The molecule has 2 aromatic heterocycles. The van der Waals surface area contributed by atoms with Crippen molar-refractivity contribution in [1.82, 2.24) is 30.0 Å². The van der Waals surface area contributed by atoms with Crippen LogP contribution in [0.15, 0.2) is 24.5 Å². The van der Waals surface area contributed by atoms with Gasteiger partial charge in [0.15, 0.2) is 0 Å². The fraction of sp³-hybridized carbons (Fsp3) is 0.333. The number of amides is 1. The maximum Gasteiger partial charge on any atom is 0.220 e. The summed E-state index contributed by atoms with van der Waals surface area (Å²) < 4.78 is 6.98. The maximum atomic E-state index is 11.9. The Bertz CT molecular complexity index is 822. The van der Waals surface area contributed by atoms with Crippen molar-refractivity contribution in [2.75, 3.05) is 7.11 Å². The molecule has 23 heavy (non-hydrogen) atoms. The number of benzene rings is 1. The number of fused-ring (bicyclic) bond motifs is 1. The zero-order chi connectivity index (χ0) is 16.2. The van der Waals surface area contributed by atoms with Gasteiger partial charge in [0.05, 0.1) is 24.7 Å². The van der Waals surface area contributed by atoms with Gasteiger partial charge in [0, 0.05) is 26.0 Å². The summed E-state index contributed by atoms with van der Waals surface area (Å²) in [6.07, 6.45) is 2.54. The monoisotopic (exact) mass is 314 g/mol. The third-order valence-corrected chi connectivity index (χ3v) is 3.57. The molecule has 2 N–H and O–H groups in total. The fourth-order valence-corrected chi connectivity index (χ4v) is 2.28. The van der Waals surface area contributed by atoms with Crippen LogP contribution in [0.1, 0.15) is 18.1 Å². The van der Waals surface area contributed by atoms with Gasteiger partial charge in [-0.1, -0.05) is 0 Å². The van der Waals surface area contributed by atoms with E-state index in [1.807, 2.05) is 25.2 Å². The Morgan fingerprint density at radius 2 is 2.30 bits per heavy atom. The molecule has 8 nitrogen and oxygen atoms in total. The molecule has 120 valence electrons. The molecule has 1 amide bonds. The summed E-state index contributed by atoms with van der Waals surface area (Å²) >= 11 is 0. The number of aromatic amines is 1. The van der Waals surface area contributed by atoms with Gasteiger partial charge < -0.3 is 19.6 Å². The van der Waals surface area contributed by atoms with Crippen molar-refractivity contribution in [3.05, 3.63) is 36.2 Å². The molecule has 0 aliphatic rings. The Morgan fingerprint density at radius 1 is 1.43 bits per heavy atom. The van der Waals surface area contributed by atoms with Crippen molar-refractivity contribution < 1.29 is 9.53 Å². The van der Waals surface area contributed by atoms with Gasteiger partial charge in [-0.25, -0.2) is 4.98 Å². The van der Waals surface area contributed by atoms with Gasteiger partial charge >= 0.3 is 0 Å². The molecule has 2 heterocycles. The van der Waals surface area contributed by atoms with E-state index in [-0.39, 0.29) is 5.91 Å². The lowest BCUT2D eigenvalue weighted by Crippen LogP contribution is -2.24. The Balaban J connectivity index is 1.55. The molecule has 0 fully saturated rings. The first-order valence-corrected chi connectivity index (χ1v) is 7.28. The second-order valence-corrected chi connectivity index (χ2v) is 5.20. The van der Waals surface area contributed by atoms with Gasteiger partial charge in [-0.15, -0.1) is 10.2 Å². The van der Waals surface area contributed by atoms with Crippen LogP contribution in [0.3, 0.4) is 0 Å². The standard InChI is InChI=1S/C15H18N6O2/c1-21-9-17-20-14(21)5-6-15(22)16-8-13-18-11-4-3-10(23-2)7-12(11)19-13/h3-4,7,9H,5-6,8H2,1-2H3,(H,16,22)(H,18,19). The van der Waals surface area contributed by atoms with Crippen molar-refractivity contribution in [3.8, 4) is 5.75 Å². The van der Waals surface area contributed by atoms with E-state index in [1.54, 1.807) is 18.0 Å². The fourth-order valence-electron chi connectivity index (χ4n) is 2.28. The number of H-pyrrole nitrogens is 1. The van der Waals surface area contributed by atoms with Gasteiger partial charge in [-0.2, -0.15) is 0 Å². The van der Waals surface area contributed by atoms with Crippen LogP contribution in [0.4, 0.5) is 0 Å². The molecule has 3 rings (SSSR count). The number of imidazole rings is 1. The molecule has 1 aromatic carbocycles. The summed E-state index contributed by atoms with van der Waals surface area (Å²) in [5, 5.41) is 10.6. The van der Waals surface area contributed by atoms with Crippen LogP contribution in [-0.4, -0.2) is 37.7 Å². The third kappa shape index (κ3) is 3.47. The number of methoxy groups -OCH3 is 1. The van der Waals surface area contributed by atoms with E-state index in [2.05, 4.69) is 25.5 Å². The Hall–Kier alpha value is -2.90. The summed E-state index contributed by atoms with van der Waals surface area (Å²) in [4.78, 5) is 19.5. The minimum Gasteiger partial charge on any atom is -0.497 e. The average molecular weight is 314 g/mol. The Morgan fingerprint density at radius 3 is 3.04 bits per heavy atom. The zero-order valence-corrected chi connectivity index (χ0v) is 13.0. The van der Waals surface area contributed by atoms with Gasteiger partial charge in [0.2, 0.25) is 5.91 Å². The van der Waals surface area contributed by atoms with Crippen LogP contribution < -0.4 is 10.1 Å². The van der Waals surface area contributed by atoms with E-state index < -0.39 is 0 Å². The number of aryl methyl sites for hydroxylation is 2.